The highest BCUT2D eigenvalue weighted by atomic mass is 79.9. The quantitative estimate of drug-likeness (QED) is 0.850. The van der Waals surface area contributed by atoms with Crippen molar-refractivity contribution in [2.24, 2.45) is 5.92 Å². The minimum absolute atomic E-state index is 0.129. The third-order valence-electron chi connectivity index (χ3n) is 3.25. The summed E-state index contributed by atoms with van der Waals surface area (Å²) in [5.74, 6) is 0.935. The van der Waals surface area contributed by atoms with Gasteiger partial charge in [-0.1, -0.05) is 29.8 Å². The maximum atomic E-state index is 10.6. The van der Waals surface area contributed by atoms with E-state index in [1.54, 1.807) is 0 Å². The molecule has 2 atom stereocenters. The SMILES string of the molecule is CCC1(O)c2cc(Br)ccc2OCC1C. The molecule has 0 amide bonds. The van der Waals surface area contributed by atoms with Crippen LogP contribution in [-0.4, -0.2) is 11.7 Å². The summed E-state index contributed by atoms with van der Waals surface area (Å²) in [4.78, 5) is 0. The molecule has 82 valence electrons. The molecule has 0 saturated carbocycles. The van der Waals surface area contributed by atoms with Gasteiger partial charge in [0.15, 0.2) is 0 Å². The Hall–Kier alpha value is -0.540. The number of rotatable bonds is 1. The van der Waals surface area contributed by atoms with Gasteiger partial charge in [0.1, 0.15) is 5.75 Å². The van der Waals surface area contributed by atoms with Crippen LogP contribution in [0, 0.1) is 5.92 Å². The summed E-state index contributed by atoms with van der Waals surface area (Å²) in [6.07, 6.45) is 0.709. The van der Waals surface area contributed by atoms with E-state index in [0.29, 0.717) is 13.0 Å². The summed E-state index contributed by atoms with van der Waals surface area (Å²) in [6.45, 7) is 4.61. The van der Waals surface area contributed by atoms with Crippen molar-refractivity contribution in [1.29, 1.82) is 0 Å². The molecular formula is C12H15BrO2. The lowest BCUT2D eigenvalue weighted by Crippen LogP contribution is -2.40. The predicted octanol–water partition coefficient (Wildman–Crippen LogP) is 3.08. The van der Waals surface area contributed by atoms with Crippen molar-refractivity contribution in [3.8, 4) is 5.75 Å². The van der Waals surface area contributed by atoms with Crippen molar-refractivity contribution in [2.45, 2.75) is 25.9 Å². The Morgan fingerprint density at radius 2 is 2.33 bits per heavy atom. The molecular weight excluding hydrogens is 256 g/mol. The molecule has 2 rings (SSSR count). The van der Waals surface area contributed by atoms with Gasteiger partial charge in [-0.25, -0.2) is 0 Å². The van der Waals surface area contributed by atoms with Gasteiger partial charge in [-0.05, 0) is 24.6 Å². The van der Waals surface area contributed by atoms with Gasteiger partial charge < -0.3 is 9.84 Å². The molecule has 0 saturated heterocycles. The van der Waals surface area contributed by atoms with E-state index >= 15 is 0 Å². The topological polar surface area (TPSA) is 29.5 Å². The zero-order valence-corrected chi connectivity index (χ0v) is 10.5. The average molecular weight is 271 g/mol. The first-order valence-electron chi connectivity index (χ1n) is 5.23. The lowest BCUT2D eigenvalue weighted by molar-refractivity contribution is -0.0543. The van der Waals surface area contributed by atoms with Gasteiger partial charge in [0.2, 0.25) is 0 Å². The third kappa shape index (κ3) is 1.68. The molecule has 1 aliphatic rings. The molecule has 0 aliphatic carbocycles. The summed E-state index contributed by atoms with van der Waals surface area (Å²) in [5.41, 5.74) is 0.148. The Morgan fingerprint density at radius 1 is 1.60 bits per heavy atom. The Balaban J connectivity index is 2.56. The van der Waals surface area contributed by atoms with Crippen LogP contribution in [0.4, 0.5) is 0 Å². The van der Waals surface area contributed by atoms with Crippen LogP contribution in [0.5, 0.6) is 5.75 Å². The molecule has 0 radical (unpaired) electrons. The molecule has 15 heavy (non-hydrogen) atoms. The lowest BCUT2D eigenvalue weighted by atomic mass is 9.78. The van der Waals surface area contributed by atoms with Crippen LogP contribution in [0.25, 0.3) is 0 Å². The van der Waals surface area contributed by atoms with Crippen molar-refractivity contribution in [3.05, 3.63) is 28.2 Å². The molecule has 1 aliphatic heterocycles. The van der Waals surface area contributed by atoms with Crippen molar-refractivity contribution in [1.82, 2.24) is 0 Å². The molecule has 1 aromatic carbocycles. The van der Waals surface area contributed by atoms with E-state index in [2.05, 4.69) is 15.9 Å². The Morgan fingerprint density at radius 3 is 3.00 bits per heavy atom. The maximum Gasteiger partial charge on any atom is 0.125 e. The van der Waals surface area contributed by atoms with E-state index in [9.17, 15) is 5.11 Å². The van der Waals surface area contributed by atoms with Crippen LogP contribution in [0.2, 0.25) is 0 Å². The molecule has 1 aromatic rings. The van der Waals surface area contributed by atoms with Crippen molar-refractivity contribution >= 4 is 15.9 Å². The monoisotopic (exact) mass is 270 g/mol. The zero-order valence-electron chi connectivity index (χ0n) is 8.96. The van der Waals surface area contributed by atoms with Crippen LogP contribution in [0.3, 0.4) is 0 Å². The number of ether oxygens (including phenoxy) is 1. The summed E-state index contributed by atoms with van der Waals surface area (Å²) >= 11 is 3.42. The van der Waals surface area contributed by atoms with Crippen molar-refractivity contribution in [2.75, 3.05) is 6.61 Å². The molecule has 0 spiro atoms. The molecule has 0 aromatic heterocycles. The largest absolute Gasteiger partial charge is 0.493 e. The number of fused-ring (bicyclic) bond motifs is 1. The number of benzene rings is 1. The highest BCUT2D eigenvalue weighted by Crippen LogP contribution is 2.43. The number of hydrogen-bond acceptors (Lipinski definition) is 2. The van der Waals surface area contributed by atoms with E-state index in [1.807, 2.05) is 32.0 Å². The van der Waals surface area contributed by atoms with Crippen LogP contribution in [0.1, 0.15) is 25.8 Å². The van der Waals surface area contributed by atoms with Gasteiger partial charge in [-0.15, -0.1) is 0 Å². The fourth-order valence-corrected chi connectivity index (χ4v) is 2.48. The Labute approximate surface area is 98.4 Å². The fourth-order valence-electron chi connectivity index (χ4n) is 2.12. The zero-order chi connectivity index (χ0) is 11.1. The minimum Gasteiger partial charge on any atom is -0.493 e. The Bertz CT molecular complexity index is 378. The van der Waals surface area contributed by atoms with E-state index in [-0.39, 0.29) is 5.92 Å². The van der Waals surface area contributed by atoms with Gasteiger partial charge in [-0.3, -0.25) is 0 Å². The Kier molecular flexibility index (Phi) is 2.77. The molecule has 2 nitrogen and oxygen atoms in total. The van der Waals surface area contributed by atoms with Gasteiger partial charge in [0.05, 0.1) is 12.2 Å². The van der Waals surface area contributed by atoms with E-state index in [0.717, 1.165) is 15.8 Å². The smallest absolute Gasteiger partial charge is 0.125 e. The second-order valence-corrected chi connectivity index (χ2v) is 5.05. The second-order valence-electron chi connectivity index (χ2n) is 4.13. The van der Waals surface area contributed by atoms with Gasteiger partial charge in [0.25, 0.3) is 0 Å². The molecule has 1 N–H and O–H groups in total. The van der Waals surface area contributed by atoms with Crippen LogP contribution in [0.15, 0.2) is 22.7 Å². The first kappa shape index (κ1) is 11.0. The number of hydrogen-bond donors (Lipinski definition) is 1. The highest BCUT2D eigenvalue weighted by molar-refractivity contribution is 9.10. The second kappa shape index (κ2) is 3.80. The fraction of sp³-hybridized carbons (Fsp3) is 0.500. The van der Waals surface area contributed by atoms with Gasteiger partial charge in [-0.2, -0.15) is 0 Å². The average Bonchev–Trinajstić information content (AvgIpc) is 2.24. The summed E-state index contributed by atoms with van der Waals surface area (Å²) in [7, 11) is 0. The van der Waals surface area contributed by atoms with E-state index in [1.165, 1.54) is 0 Å². The molecule has 0 bridgehead atoms. The van der Waals surface area contributed by atoms with Crippen LogP contribution < -0.4 is 4.74 Å². The molecule has 1 heterocycles. The highest BCUT2D eigenvalue weighted by Gasteiger charge is 2.40. The molecule has 3 heteroatoms. The summed E-state index contributed by atoms with van der Waals surface area (Å²) in [5, 5.41) is 10.6. The minimum atomic E-state index is -0.753. The van der Waals surface area contributed by atoms with Crippen molar-refractivity contribution < 1.29 is 9.84 Å². The molecule has 0 fully saturated rings. The normalized spacial score (nSPS) is 29.5. The first-order chi connectivity index (χ1) is 7.08. The maximum absolute atomic E-state index is 10.6. The first-order valence-corrected chi connectivity index (χ1v) is 6.02. The standard InChI is InChI=1S/C12H15BrO2/c1-3-12(14)8(2)7-15-11-5-4-9(13)6-10(11)12/h4-6,8,14H,3,7H2,1-2H3. The predicted molar refractivity (Wildman–Crippen MR) is 63.0 cm³/mol. The van der Waals surface area contributed by atoms with E-state index < -0.39 is 5.60 Å². The van der Waals surface area contributed by atoms with Crippen LogP contribution >= 0.6 is 15.9 Å². The van der Waals surface area contributed by atoms with Crippen molar-refractivity contribution in [3.63, 3.8) is 0 Å². The third-order valence-corrected chi connectivity index (χ3v) is 3.74. The molecule has 2 unspecified atom stereocenters. The number of halogens is 1. The van der Waals surface area contributed by atoms with Crippen LogP contribution in [-0.2, 0) is 5.60 Å². The van der Waals surface area contributed by atoms with E-state index in [4.69, 9.17) is 4.74 Å². The van der Waals surface area contributed by atoms with Gasteiger partial charge in [0, 0.05) is 16.0 Å². The number of aliphatic hydroxyl groups is 1. The summed E-state index contributed by atoms with van der Waals surface area (Å²) < 4.78 is 6.58. The summed E-state index contributed by atoms with van der Waals surface area (Å²) in [6, 6.07) is 5.80. The van der Waals surface area contributed by atoms with Gasteiger partial charge >= 0.3 is 0 Å². The lowest BCUT2D eigenvalue weighted by Gasteiger charge is -2.39.